The van der Waals surface area contributed by atoms with Gasteiger partial charge in [0, 0.05) is 43.9 Å². The molecule has 1 amide bonds. The van der Waals surface area contributed by atoms with Crippen LogP contribution in [0.4, 0.5) is 4.39 Å². The summed E-state index contributed by atoms with van der Waals surface area (Å²) in [5, 5.41) is 3.44. The van der Waals surface area contributed by atoms with Crippen LogP contribution in [0.1, 0.15) is 37.7 Å². The molecule has 2 fully saturated rings. The van der Waals surface area contributed by atoms with E-state index in [9.17, 15) is 9.18 Å². The maximum absolute atomic E-state index is 14.2. The topological polar surface area (TPSA) is 41.6 Å². The zero-order chi connectivity index (χ0) is 18.6. The number of methoxy groups -OCH3 is 1. The van der Waals surface area contributed by atoms with Gasteiger partial charge in [-0.1, -0.05) is 36.9 Å². The summed E-state index contributed by atoms with van der Waals surface area (Å²) in [5.74, 6) is 0.0895. The molecule has 1 aliphatic heterocycles. The Labute approximate surface area is 160 Å². The number of nitrogens with one attached hydrogen (secondary N) is 1. The van der Waals surface area contributed by atoms with E-state index in [-0.39, 0.29) is 23.7 Å². The third-order valence-corrected chi connectivity index (χ3v) is 6.20. The predicted molar refractivity (Wildman–Crippen MR) is 101 cm³/mol. The lowest BCUT2D eigenvalue weighted by Gasteiger charge is -2.38. The third-order valence-electron chi connectivity index (χ3n) is 5.96. The second-order valence-electron chi connectivity index (χ2n) is 7.76. The van der Waals surface area contributed by atoms with Crippen molar-refractivity contribution in [1.29, 1.82) is 0 Å². The number of hydrogen-bond donors (Lipinski definition) is 1. The molecule has 0 bridgehead atoms. The van der Waals surface area contributed by atoms with Gasteiger partial charge in [-0.15, -0.1) is 0 Å². The zero-order valence-electron chi connectivity index (χ0n) is 15.4. The SMILES string of the molecule is COCC(=O)NCC1CN(Cc2ccc(Cl)cc2F)CC12CCCCC2. The lowest BCUT2D eigenvalue weighted by Crippen LogP contribution is -2.40. The number of halogens is 2. The summed E-state index contributed by atoms with van der Waals surface area (Å²) in [6.07, 6.45) is 6.16. The molecule has 26 heavy (non-hydrogen) atoms. The minimum absolute atomic E-state index is 0.0688. The molecule has 1 atom stereocenters. The van der Waals surface area contributed by atoms with Gasteiger partial charge in [0.2, 0.25) is 5.91 Å². The van der Waals surface area contributed by atoms with E-state index in [2.05, 4.69) is 10.2 Å². The largest absolute Gasteiger partial charge is 0.375 e. The van der Waals surface area contributed by atoms with E-state index in [1.165, 1.54) is 45.3 Å². The summed E-state index contributed by atoms with van der Waals surface area (Å²) in [6.45, 7) is 3.21. The summed E-state index contributed by atoms with van der Waals surface area (Å²) in [6, 6.07) is 4.90. The fourth-order valence-corrected chi connectivity index (χ4v) is 4.84. The molecular weight excluding hydrogens is 355 g/mol. The van der Waals surface area contributed by atoms with Gasteiger partial charge >= 0.3 is 0 Å². The second kappa shape index (κ2) is 8.68. The molecule has 1 N–H and O–H groups in total. The van der Waals surface area contributed by atoms with Crippen LogP contribution in [-0.4, -0.2) is 44.2 Å². The standard InChI is InChI=1S/C20H28ClFN2O2/c1-26-13-19(25)23-10-16-12-24(14-20(16)7-3-2-4-8-20)11-15-5-6-17(21)9-18(15)22/h5-6,9,16H,2-4,7-8,10-14H2,1H3,(H,23,25). The predicted octanol–water partition coefficient (Wildman–Crippen LogP) is 3.62. The number of nitrogens with zero attached hydrogens (tertiary/aromatic N) is 1. The van der Waals surface area contributed by atoms with Gasteiger partial charge < -0.3 is 10.1 Å². The van der Waals surface area contributed by atoms with Gasteiger partial charge in [0.15, 0.2) is 0 Å². The Morgan fingerprint density at radius 1 is 1.38 bits per heavy atom. The number of likely N-dealkylation sites (tertiary alicyclic amines) is 1. The smallest absolute Gasteiger partial charge is 0.245 e. The number of carbonyl (C=O) groups is 1. The van der Waals surface area contributed by atoms with Crippen LogP contribution in [0.2, 0.25) is 5.02 Å². The molecule has 1 aliphatic carbocycles. The van der Waals surface area contributed by atoms with Crippen LogP contribution >= 0.6 is 11.6 Å². The molecule has 1 aromatic carbocycles. The summed E-state index contributed by atoms with van der Waals surface area (Å²) in [7, 11) is 1.53. The summed E-state index contributed by atoms with van der Waals surface area (Å²) >= 11 is 5.87. The van der Waals surface area contributed by atoms with E-state index >= 15 is 0 Å². The first-order valence-corrected chi connectivity index (χ1v) is 9.82. The van der Waals surface area contributed by atoms with Crippen LogP contribution in [0.3, 0.4) is 0 Å². The second-order valence-corrected chi connectivity index (χ2v) is 8.20. The normalized spacial score (nSPS) is 22.7. The molecular formula is C20H28ClFN2O2. The summed E-state index contributed by atoms with van der Waals surface area (Å²) in [5.41, 5.74) is 0.922. The minimum Gasteiger partial charge on any atom is -0.375 e. The van der Waals surface area contributed by atoms with Crippen molar-refractivity contribution in [1.82, 2.24) is 10.2 Å². The van der Waals surface area contributed by atoms with Crippen molar-refractivity contribution in [3.05, 3.63) is 34.6 Å². The average molecular weight is 383 g/mol. The number of ether oxygens (including phenoxy) is 1. The molecule has 3 rings (SSSR count). The molecule has 4 nitrogen and oxygen atoms in total. The Hall–Kier alpha value is -1.17. The summed E-state index contributed by atoms with van der Waals surface area (Å²) in [4.78, 5) is 14.1. The van der Waals surface area contributed by atoms with E-state index in [0.29, 0.717) is 29.6 Å². The van der Waals surface area contributed by atoms with E-state index in [1.54, 1.807) is 12.1 Å². The maximum Gasteiger partial charge on any atom is 0.245 e. The first-order valence-electron chi connectivity index (χ1n) is 9.44. The van der Waals surface area contributed by atoms with Gasteiger partial charge in [-0.2, -0.15) is 0 Å². The highest BCUT2D eigenvalue weighted by molar-refractivity contribution is 6.30. The molecule has 144 valence electrons. The molecule has 1 aromatic rings. The van der Waals surface area contributed by atoms with Crippen LogP contribution in [0.15, 0.2) is 18.2 Å². The number of amides is 1. The Morgan fingerprint density at radius 3 is 2.85 bits per heavy atom. The molecule has 6 heteroatoms. The molecule has 1 saturated heterocycles. The Morgan fingerprint density at radius 2 is 2.15 bits per heavy atom. The first-order chi connectivity index (χ1) is 12.5. The van der Waals surface area contributed by atoms with Crippen LogP contribution in [0.5, 0.6) is 0 Å². The number of hydrogen-bond acceptors (Lipinski definition) is 3. The molecule has 0 radical (unpaired) electrons. The van der Waals surface area contributed by atoms with Gasteiger partial charge in [0.05, 0.1) is 0 Å². The fourth-order valence-electron chi connectivity index (χ4n) is 4.68. The van der Waals surface area contributed by atoms with Gasteiger partial charge in [-0.3, -0.25) is 9.69 Å². The van der Waals surface area contributed by atoms with E-state index in [4.69, 9.17) is 16.3 Å². The van der Waals surface area contributed by atoms with Crippen LogP contribution in [0.25, 0.3) is 0 Å². The average Bonchev–Trinajstić information content (AvgIpc) is 2.93. The van der Waals surface area contributed by atoms with E-state index in [0.717, 1.165) is 13.1 Å². The zero-order valence-corrected chi connectivity index (χ0v) is 16.2. The molecule has 1 heterocycles. The van der Waals surface area contributed by atoms with Crippen LogP contribution in [0, 0.1) is 17.2 Å². The van der Waals surface area contributed by atoms with Gasteiger partial charge in [0.1, 0.15) is 12.4 Å². The van der Waals surface area contributed by atoms with Crippen molar-refractivity contribution in [2.24, 2.45) is 11.3 Å². The number of rotatable bonds is 6. The molecule has 1 saturated carbocycles. The fraction of sp³-hybridized carbons (Fsp3) is 0.650. The molecule has 1 spiro atoms. The highest BCUT2D eigenvalue weighted by Gasteiger charge is 2.46. The minimum atomic E-state index is -0.243. The maximum atomic E-state index is 14.2. The third kappa shape index (κ3) is 4.56. The first kappa shape index (κ1) is 19.6. The highest BCUT2D eigenvalue weighted by atomic mass is 35.5. The number of carbonyl (C=O) groups excluding carboxylic acids is 1. The van der Waals surface area contributed by atoms with Gasteiger partial charge in [-0.25, -0.2) is 4.39 Å². The Kier molecular flexibility index (Phi) is 6.54. The highest BCUT2D eigenvalue weighted by Crippen LogP contribution is 2.47. The van der Waals surface area contributed by atoms with Crippen molar-refractivity contribution in [2.45, 2.75) is 38.6 Å². The van der Waals surface area contributed by atoms with Crippen molar-refractivity contribution >= 4 is 17.5 Å². The number of benzene rings is 1. The molecule has 2 aliphatic rings. The summed E-state index contributed by atoms with van der Waals surface area (Å²) < 4.78 is 19.1. The molecule has 1 unspecified atom stereocenters. The van der Waals surface area contributed by atoms with Crippen LogP contribution in [-0.2, 0) is 16.1 Å². The Balaban J connectivity index is 1.68. The quantitative estimate of drug-likeness (QED) is 0.816. The van der Waals surface area contributed by atoms with Crippen molar-refractivity contribution < 1.29 is 13.9 Å². The van der Waals surface area contributed by atoms with Gasteiger partial charge in [-0.05, 0) is 36.3 Å². The van der Waals surface area contributed by atoms with Gasteiger partial charge in [0.25, 0.3) is 0 Å². The Bertz CT molecular complexity index is 634. The van der Waals surface area contributed by atoms with Crippen LogP contribution < -0.4 is 5.32 Å². The monoisotopic (exact) mass is 382 g/mol. The van der Waals surface area contributed by atoms with E-state index in [1.807, 2.05) is 0 Å². The lowest BCUT2D eigenvalue weighted by atomic mass is 9.67. The molecule has 0 aromatic heterocycles. The van der Waals surface area contributed by atoms with E-state index < -0.39 is 0 Å². The van der Waals surface area contributed by atoms with Crippen molar-refractivity contribution in [3.8, 4) is 0 Å². The lowest BCUT2D eigenvalue weighted by molar-refractivity contribution is -0.125. The van der Waals surface area contributed by atoms with Crippen molar-refractivity contribution in [2.75, 3.05) is 33.4 Å². The van der Waals surface area contributed by atoms with Crippen molar-refractivity contribution in [3.63, 3.8) is 0 Å².